The molecule has 4 N–H and O–H groups in total. The molecule has 9 nitrogen and oxygen atoms in total. The van der Waals surface area contributed by atoms with Gasteiger partial charge in [0, 0.05) is 37.8 Å². The van der Waals surface area contributed by atoms with E-state index in [0.29, 0.717) is 31.9 Å². The number of anilines is 2. The van der Waals surface area contributed by atoms with Gasteiger partial charge in [0.15, 0.2) is 0 Å². The summed E-state index contributed by atoms with van der Waals surface area (Å²) in [6.45, 7) is 2.48. The molecule has 0 amide bonds. The Morgan fingerprint density at radius 3 is 2.19 bits per heavy atom. The van der Waals surface area contributed by atoms with Gasteiger partial charge in [0.2, 0.25) is 0 Å². The molecule has 27 heavy (non-hydrogen) atoms. The Morgan fingerprint density at radius 2 is 1.63 bits per heavy atom. The lowest BCUT2D eigenvalue weighted by atomic mass is 10.1. The zero-order valence-corrected chi connectivity index (χ0v) is 15.3. The molecular formula is C18H22N4O5. The van der Waals surface area contributed by atoms with Gasteiger partial charge in [-0.05, 0) is 18.2 Å². The maximum Gasteiger partial charge on any atom is 0.293 e. The minimum absolute atomic E-state index is 0. The zero-order chi connectivity index (χ0) is 18.7. The number of aromatic carboxylic acids is 1. The van der Waals surface area contributed by atoms with Crippen molar-refractivity contribution in [2.24, 2.45) is 0 Å². The zero-order valence-electron chi connectivity index (χ0n) is 15.3. The fraction of sp³-hybridized carbons (Fsp3) is 0.278. The van der Waals surface area contributed by atoms with E-state index in [-0.39, 0.29) is 17.4 Å². The fourth-order valence-corrected chi connectivity index (χ4v) is 3.14. The number of carboxylic acids is 1. The average molecular weight is 374 g/mol. The third kappa shape index (κ3) is 4.09. The number of benzene rings is 2. The number of ether oxygens (including phenoxy) is 1. The molecule has 0 spiro atoms. The number of hydrogen-bond acceptors (Lipinski definition) is 7. The normalized spacial score (nSPS) is 13.7. The monoisotopic (exact) mass is 374 g/mol. The smallest absolute Gasteiger partial charge is 0.293 e. The summed E-state index contributed by atoms with van der Waals surface area (Å²) in [5.41, 5.74) is 0.974. The third-order valence-electron chi connectivity index (χ3n) is 4.45. The van der Waals surface area contributed by atoms with Crippen LogP contribution in [0.15, 0.2) is 42.5 Å². The van der Waals surface area contributed by atoms with E-state index in [2.05, 4.69) is 4.90 Å². The van der Waals surface area contributed by atoms with E-state index in [1.165, 1.54) is 12.1 Å². The van der Waals surface area contributed by atoms with Crippen LogP contribution in [0.3, 0.4) is 0 Å². The molecule has 3 rings (SSSR count). The second kappa shape index (κ2) is 8.37. The van der Waals surface area contributed by atoms with E-state index in [4.69, 9.17) is 4.74 Å². The molecular weight excluding hydrogens is 352 g/mol. The highest BCUT2D eigenvalue weighted by atomic mass is 16.6. The predicted octanol–water partition coefficient (Wildman–Crippen LogP) is 1.67. The molecule has 1 fully saturated rings. The molecule has 0 radical (unpaired) electrons. The van der Waals surface area contributed by atoms with Crippen molar-refractivity contribution in [3.05, 3.63) is 58.1 Å². The molecule has 2 aromatic carbocycles. The van der Waals surface area contributed by atoms with Gasteiger partial charge < -0.3 is 30.6 Å². The minimum atomic E-state index is -1.43. The number of hydrogen-bond donors (Lipinski definition) is 1. The second-order valence-corrected chi connectivity index (χ2v) is 5.89. The number of carbonyl (C=O) groups excluding carboxylic acids is 1. The molecule has 0 bridgehead atoms. The fourth-order valence-electron chi connectivity index (χ4n) is 3.14. The van der Waals surface area contributed by atoms with Crippen LogP contribution in [0.25, 0.3) is 0 Å². The van der Waals surface area contributed by atoms with Crippen LogP contribution in [-0.4, -0.2) is 44.2 Å². The van der Waals surface area contributed by atoms with Crippen molar-refractivity contribution in [3.8, 4) is 5.75 Å². The number of piperazine rings is 1. The Kier molecular flexibility index (Phi) is 6.19. The van der Waals surface area contributed by atoms with Crippen LogP contribution in [0.1, 0.15) is 10.4 Å². The summed E-state index contributed by atoms with van der Waals surface area (Å²) >= 11 is 0. The largest absolute Gasteiger partial charge is 0.545 e. The van der Waals surface area contributed by atoms with E-state index in [1.807, 2.05) is 29.2 Å². The Bertz CT molecular complexity index is 834. The van der Waals surface area contributed by atoms with E-state index < -0.39 is 10.9 Å². The molecule has 0 unspecified atom stereocenters. The number of methoxy groups -OCH3 is 1. The van der Waals surface area contributed by atoms with Crippen LogP contribution in [0.5, 0.6) is 5.75 Å². The van der Waals surface area contributed by atoms with E-state index in [1.54, 1.807) is 7.11 Å². The highest BCUT2D eigenvalue weighted by Gasteiger charge is 2.25. The summed E-state index contributed by atoms with van der Waals surface area (Å²) < 4.78 is 5.39. The maximum atomic E-state index is 11.3. The van der Waals surface area contributed by atoms with Crippen LogP contribution in [-0.2, 0) is 0 Å². The lowest BCUT2D eigenvalue weighted by molar-refractivity contribution is -0.384. The standard InChI is InChI=1S/C18H19N3O5.H3N/c1-26-17-5-3-2-4-15(17)20-10-8-19(9-11-20)14-7-6-13(18(22)23)12-16(14)21(24)25;/h2-7,12H,8-11H2,1H3,(H,22,23);1H3. The number of carbonyl (C=O) groups is 1. The average Bonchev–Trinajstić information content (AvgIpc) is 2.67. The van der Waals surface area contributed by atoms with Crippen LogP contribution in [0.2, 0.25) is 0 Å². The van der Waals surface area contributed by atoms with Gasteiger partial charge in [0.1, 0.15) is 11.4 Å². The summed E-state index contributed by atoms with van der Waals surface area (Å²) in [7, 11) is 1.62. The first kappa shape index (κ1) is 20.0. The molecule has 0 saturated carbocycles. The maximum absolute atomic E-state index is 11.3. The summed E-state index contributed by atoms with van der Waals surface area (Å²) in [4.78, 5) is 25.8. The lowest BCUT2D eigenvalue weighted by Crippen LogP contribution is -2.46. The van der Waals surface area contributed by atoms with Gasteiger partial charge in [0.05, 0.1) is 23.7 Å². The quantitative estimate of drug-likeness (QED) is 0.621. The molecule has 0 aromatic heterocycles. The molecule has 0 atom stereocenters. The number of carboxylic acid groups (broad SMARTS) is 1. The topological polar surface area (TPSA) is 135 Å². The first-order chi connectivity index (χ1) is 12.5. The number of para-hydroxylation sites is 2. The van der Waals surface area contributed by atoms with Gasteiger partial charge in [0.25, 0.3) is 5.69 Å². The number of nitro groups is 1. The van der Waals surface area contributed by atoms with E-state index in [0.717, 1.165) is 17.5 Å². The molecule has 0 aliphatic carbocycles. The third-order valence-corrected chi connectivity index (χ3v) is 4.45. The molecule has 1 heterocycles. The first-order valence-electron chi connectivity index (χ1n) is 8.14. The van der Waals surface area contributed by atoms with Gasteiger partial charge in [-0.3, -0.25) is 10.1 Å². The van der Waals surface area contributed by atoms with Crippen molar-refractivity contribution in [3.63, 3.8) is 0 Å². The van der Waals surface area contributed by atoms with Crippen LogP contribution in [0, 0.1) is 10.1 Å². The van der Waals surface area contributed by atoms with Gasteiger partial charge in [-0.2, -0.15) is 0 Å². The van der Waals surface area contributed by atoms with Crippen molar-refractivity contribution in [2.45, 2.75) is 0 Å². The number of rotatable bonds is 5. The summed E-state index contributed by atoms with van der Waals surface area (Å²) in [5, 5.41) is 22.3. The van der Waals surface area contributed by atoms with Crippen LogP contribution >= 0.6 is 0 Å². The van der Waals surface area contributed by atoms with E-state index >= 15 is 0 Å². The molecule has 1 saturated heterocycles. The van der Waals surface area contributed by atoms with Crippen molar-refractivity contribution in [1.29, 1.82) is 0 Å². The summed E-state index contributed by atoms with van der Waals surface area (Å²) in [6.07, 6.45) is 0. The summed E-state index contributed by atoms with van der Waals surface area (Å²) in [5.74, 6) is -0.647. The molecule has 144 valence electrons. The number of quaternary nitrogens is 1. The Hall–Kier alpha value is -3.33. The number of nitro benzene ring substituents is 1. The highest BCUT2D eigenvalue weighted by molar-refractivity contribution is 5.88. The predicted molar refractivity (Wildman–Crippen MR) is 101 cm³/mol. The number of nitrogens with zero attached hydrogens (tertiary/aromatic N) is 3. The van der Waals surface area contributed by atoms with Crippen LogP contribution < -0.4 is 25.8 Å². The SMILES string of the molecule is COc1ccccc1N1CCN(c2ccc(C(=O)[O-])cc2[N+](=O)[O-])CC1.[NH4+]. The van der Waals surface area contributed by atoms with Crippen molar-refractivity contribution < 1.29 is 19.6 Å². The van der Waals surface area contributed by atoms with Crippen molar-refractivity contribution in [2.75, 3.05) is 43.1 Å². The lowest BCUT2D eigenvalue weighted by Gasteiger charge is -2.37. The minimum Gasteiger partial charge on any atom is -0.545 e. The van der Waals surface area contributed by atoms with Crippen molar-refractivity contribution >= 4 is 23.0 Å². The van der Waals surface area contributed by atoms with Crippen molar-refractivity contribution in [1.82, 2.24) is 6.15 Å². The Balaban J connectivity index is 0.00000261. The second-order valence-electron chi connectivity index (χ2n) is 5.89. The molecule has 1 aliphatic rings. The van der Waals surface area contributed by atoms with E-state index in [9.17, 15) is 20.0 Å². The first-order valence-corrected chi connectivity index (χ1v) is 8.14. The molecule has 1 aliphatic heterocycles. The Morgan fingerprint density at radius 1 is 1.04 bits per heavy atom. The Labute approximate surface area is 156 Å². The van der Waals surface area contributed by atoms with Gasteiger partial charge >= 0.3 is 0 Å². The van der Waals surface area contributed by atoms with Crippen LogP contribution in [0.4, 0.5) is 17.1 Å². The van der Waals surface area contributed by atoms with Gasteiger partial charge in [-0.15, -0.1) is 0 Å². The molecule has 9 heteroatoms. The van der Waals surface area contributed by atoms with Gasteiger partial charge in [-0.1, -0.05) is 18.2 Å². The summed E-state index contributed by atoms with van der Waals surface area (Å²) in [6, 6.07) is 11.6. The molecule has 2 aromatic rings. The van der Waals surface area contributed by atoms with Gasteiger partial charge in [-0.25, -0.2) is 0 Å². The highest BCUT2D eigenvalue weighted by Crippen LogP contribution is 2.32.